The Morgan fingerprint density at radius 3 is 3.12 bits per heavy atom. The zero-order valence-electron chi connectivity index (χ0n) is 9.00. The lowest BCUT2D eigenvalue weighted by molar-refractivity contribution is 0.0808. The van der Waals surface area contributed by atoms with E-state index in [0.717, 1.165) is 37.0 Å². The Balaban J connectivity index is 2.05. The van der Waals surface area contributed by atoms with E-state index in [0.29, 0.717) is 5.92 Å². The van der Waals surface area contributed by atoms with Crippen LogP contribution in [0.15, 0.2) is 24.4 Å². The normalized spacial score (nSPS) is 21.4. The van der Waals surface area contributed by atoms with Crippen LogP contribution in [0.3, 0.4) is 0 Å². The van der Waals surface area contributed by atoms with Gasteiger partial charge in [0.15, 0.2) is 0 Å². The smallest absolute Gasteiger partial charge is 0.123 e. The van der Waals surface area contributed by atoms with Crippen LogP contribution in [0.1, 0.15) is 24.3 Å². The highest BCUT2D eigenvalue weighted by atomic mass is 19.1. The number of fused-ring (bicyclic) bond motifs is 1. The highest BCUT2D eigenvalue weighted by molar-refractivity contribution is 5.83. The highest BCUT2D eigenvalue weighted by Gasteiger charge is 2.19. The van der Waals surface area contributed by atoms with Gasteiger partial charge in [0, 0.05) is 29.6 Å². The van der Waals surface area contributed by atoms with Gasteiger partial charge in [-0.05, 0) is 36.6 Å². The van der Waals surface area contributed by atoms with Gasteiger partial charge in [-0.1, -0.05) is 0 Å². The van der Waals surface area contributed by atoms with Crippen molar-refractivity contribution in [3.63, 3.8) is 0 Å². The Morgan fingerprint density at radius 2 is 2.31 bits per heavy atom. The second-order valence-corrected chi connectivity index (χ2v) is 4.35. The summed E-state index contributed by atoms with van der Waals surface area (Å²) in [5, 5.41) is 0.996. The van der Waals surface area contributed by atoms with Gasteiger partial charge in [-0.15, -0.1) is 0 Å². The Morgan fingerprint density at radius 1 is 1.38 bits per heavy atom. The molecule has 1 aromatic heterocycles. The molecule has 1 fully saturated rings. The van der Waals surface area contributed by atoms with Crippen molar-refractivity contribution in [1.82, 2.24) is 4.98 Å². The molecule has 0 saturated carbocycles. The van der Waals surface area contributed by atoms with Crippen molar-refractivity contribution in [1.29, 1.82) is 0 Å². The number of ether oxygens (including phenoxy) is 1. The molecule has 1 aromatic carbocycles. The van der Waals surface area contributed by atoms with E-state index in [9.17, 15) is 4.39 Å². The fourth-order valence-corrected chi connectivity index (χ4v) is 2.44. The molecule has 1 saturated heterocycles. The summed E-state index contributed by atoms with van der Waals surface area (Å²) in [6, 6.07) is 4.88. The number of halogens is 1. The number of nitrogens with one attached hydrogen (secondary N) is 1. The van der Waals surface area contributed by atoms with Crippen LogP contribution in [-0.4, -0.2) is 18.2 Å². The Bertz CT molecular complexity index is 500. The third-order valence-corrected chi connectivity index (χ3v) is 3.28. The number of hydrogen-bond donors (Lipinski definition) is 1. The predicted molar refractivity (Wildman–Crippen MR) is 61.1 cm³/mol. The first-order valence-corrected chi connectivity index (χ1v) is 5.69. The van der Waals surface area contributed by atoms with Crippen LogP contribution < -0.4 is 0 Å². The summed E-state index contributed by atoms with van der Waals surface area (Å²) in [5.41, 5.74) is 2.19. The minimum Gasteiger partial charge on any atom is -0.381 e. The zero-order chi connectivity index (χ0) is 11.0. The van der Waals surface area contributed by atoms with Gasteiger partial charge < -0.3 is 9.72 Å². The summed E-state index contributed by atoms with van der Waals surface area (Å²) in [6.07, 6.45) is 4.21. The number of benzene rings is 1. The molecule has 84 valence electrons. The van der Waals surface area contributed by atoms with Gasteiger partial charge in [0.25, 0.3) is 0 Å². The Hall–Kier alpha value is -1.35. The number of H-pyrrole nitrogens is 1. The summed E-state index contributed by atoms with van der Waals surface area (Å²) in [7, 11) is 0. The van der Waals surface area contributed by atoms with Gasteiger partial charge in [-0.3, -0.25) is 0 Å². The molecular formula is C13H14FNO. The summed E-state index contributed by atoms with van der Waals surface area (Å²) in [4.78, 5) is 3.19. The summed E-state index contributed by atoms with van der Waals surface area (Å²) >= 11 is 0. The van der Waals surface area contributed by atoms with Gasteiger partial charge in [0.05, 0.1) is 6.61 Å². The molecule has 0 radical (unpaired) electrons. The van der Waals surface area contributed by atoms with Crippen LogP contribution in [0, 0.1) is 5.82 Å². The lowest BCUT2D eigenvalue weighted by atomic mass is 9.93. The van der Waals surface area contributed by atoms with Crippen molar-refractivity contribution in [3.8, 4) is 0 Å². The van der Waals surface area contributed by atoms with Gasteiger partial charge in [-0.25, -0.2) is 4.39 Å². The standard InChI is InChI=1S/C13H14FNO/c14-10-3-4-13-11(6-10)12(7-15-13)9-2-1-5-16-8-9/h3-4,6-7,9,15H,1-2,5,8H2/t9-/m1/s1. The minimum absolute atomic E-state index is 0.176. The SMILES string of the molecule is Fc1ccc2[nH]cc([C@@H]3CCCOC3)c2c1. The average Bonchev–Trinajstić information content (AvgIpc) is 2.73. The second-order valence-electron chi connectivity index (χ2n) is 4.35. The first kappa shape index (κ1) is 9.85. The summed E-state index contributed by atoms with van der Waals surface area (Å²) in [6.45, 7) is 1.61. The molecule has 0 bridgehead atoms. The minimum atomic E-state index is -0.176. The maximum absolute atomic E-state index is 13.2. The van der Waals surface area contributed by atoms with Crippen LogP contribution in [0.5, 0.6) is 0 Å². The first-order valence-electron chi connectivity index (χ1n) is 5.69. The third kappa shape index (κ3) is 1.61. The van der Waals surface area contributed by atoms with Gasteiger partial charge in [-0.2, -0.15) is 0 Å². The van der Waals surface area contributed by atoms with Crippen LogP contribution in [0.2, 0.25) is 0 Å². The zero-order valence-corrected chi connectivity index (χ0v) is 9.00. The van der Waals surface area contributed by atoms with Crippen molar-refractivity contribution in [3.05, 3.63) is 35.8 Å². The van der Waals surface area contributed by atoms with E-state index in [1.54, 1.807) is 12.1 Å². The molecular weight excluding hydrogens is 205 g/mol. The topological polar surface area (TPSA) is 25.0 Å². The highest BCUT2D eigenvalue weighted by Crippen LogP contribution is 2.31. The molecule has 0 spiro atoms. The molecule has 1 aliphatic rings. The van der Waals surface area contributed by atoms with E-state index in [1.807, 2.05) is 6.20 Å². The summed E-state index contributed by atoms with van der Waals surface area (Å²) in [5.74, 6) is 0.231. The molecule has 1 atom stereocenters. The van der Waals surface area contributed by atoms with Crippen molar-refractivity contribution >= 4 is 10.9 Å². The summed E-state index contributed by atoms with van der Waals surface area (Å²) < 4.78 is 18.7. The number of hydrogen-bond acceptors (Lipinski definition) is 1. The van der Waals surface area contributed by atoms with Crippen molar-refractivity contribution in [2.24, 2.45) is 0 Å². The van der Waals surface area contributed by atoms with E-state index in [-0.39, 0.29) is 5.82 Å². The quantitative estimate of drug-likeness (QED) is 0.782. The lowest BCUT2D eigenvalue weighted by Gasteiger charge is -2.21. The van der Waals surface area contributed by atoms with Crippen molar-refractivity contribution in [2.45, 2.75) is 18.8 Å². The Kier molecular flexibility index (Phi) is 2.40. The molecule has 0 amide bonds. The predicted octanol–water partition coefficient (Wildman–Crippen LogP) is 3.20. The fraction of sp³-hybridized carbons (Fsp3) is 0.385. The number of rotatable bonds is 1. The molecule has 0 unspecified atom stereocenters. The molecule has 3 rings (SSSR count). The molecule has 2 heterocycles. The molecule has 1 aliphatic heterocycles. The van der Waals surface area contributed by atoms with Crippen LogP contribution in [0.25, 0.3) is 10.9 Å². The maximum atomic E-state index is 13.2. The van der Waals surface area contributed by atoms with E-state index in [2.05, 4.69) is 4.98 Å². The van der Waals surface area contributed by atoms with E-state index >= 15 is 0 Å². The number of aromatic nitrogens is 1. The van der Waals surface area contributed by atoms with E-state index < -0.39 is 0 Å². The van der Waals surface area contributed by atoms with Crippen molar-refractivity contribution < 1.29 is 9.13 Å². The molecule has 1 N–H and O–H groups in total. The third-order valence-electron chi connectivity index (χ3n) is 3.28. The van der Waals surface area contributed by atoms with Gasteiger partial charge in [0.2, 0.25) is 0 Å². The van der Waals surface area contributed by atoms with Crippen LogP contribution >= 0.6 is 0 Å². The van der Waals surface area contributed by atoms with Crippen LogP contribution in [0.4, 0.5) is 4.39 Å². The molecule has 2 nitrogen and oxygen atoms in total. The van der Waals surface area contributed by atoms with E-state index in [4.69, 9.17) is 4.74 Å². The van der Waals surface area contributed by atoms with E-state index in [1.165, 1.54) is 11.6 Å². The Labute approximate surface area is 93.4 Å². The molecule has 2 aromatic rings. The van der Waals surface area contributed by atoms with Gasteiger partial charge in [0.1, 0.15) is 5.82 Å². The maximum Gasteiger partial charge on any atom is 0.123 e. The largest absolute Gasteiger partial charge is 0.381 e. The average molecular weight is 219 g/mol. The van der Waals surface area contributed by atoms with Crippen LogP contribution in [-0.2, 0) is 4.74 Å². The van der Waals surface area contributed by atoms with Crippen molar-refractivity contribution in [2.75, 3.05) is 13.2 Å². The number of aromatic amines is 1. The molecule has 16 heavy (non-hydrogen) atoms. The second kappa shape index (κ2) is 3.91. The molecule has 3 heteroatoms. The molecule has 0 aliphatic carbocycles. The lowest BCUT2D eigenvalue weighted by Crippen LogP contribution is -2.15. The monoisotopic (exact) mass is 219 g/mol. The van der Waals surface area contributed by atoms with Gasteiger partial charge >= 0.3 is 0 Å². The first-order chi connectivity index (χ1) is 7.84. The fourth-order valence-electron chi connectivity index (χ4n) is 2.44.